The lowest BCUT2D eigenvalue weighted by Crippen LogP contribution is -2.27. The second-order valence-corrected chi connectivity index (χ2v) is 3.95. The topological polar surface area (TPSA) is 76.6 Å². The van der Waals surface area contributed by atoms with Gasteiger partial charge in [0.25, 0.3) is 5.56 Å². The highest BCUT2D eigenvalue weighted by molar-refractivity contribution is 5.86. The van der Waals surface area contributed by atoms with Crippen LogP contribution in [0.3, 0.4) is 0 Å². The predicted octanol–water partition coefficient (Wildman–Crippen LogP) is 0.734. The quantitative estimate of drug-likeness (QED) is 0.720. The normalized spacial score (nSPS) is 11.1. The van der Waals surface area contributed by atoms with Crippen LogP contribution in [0.1, 0.15) is 0 Å². The van der Waals surface area contributed by atoms with E-state index in [-0.39, 0.29) is 0 Å². The third-order valence-corrected chi connectivity index (χ3v) is 2.79. The minimum atomic E-state index is -1.09. The van der Waals surface area contributed by atoms with Crippen LogP contribution in [0.15, 0.2) is 41.5 Å². The molecule has 6 heteroatoms. The molecule has 1 N–H and O–H groups in total. The van der Waals surface area contributed by atoms with Gasteiger partial charge in [-0.2, -0.15) is 5.10 Å². The number of fused-ring (bicyclic) bond motifs is 3. The van der Waals surface area contributed by atoms with Crippen molar-refractivity contribution < 1.29 is 9.90 Å². The van der Waals surface area contributed by atoms with Gasteiger partial charge in [-0.3, -0.25) is 14.0 Å². The van der Waals surface area contributed by atoms with Crippen molar-refractivity contribution in [1.29, 1.82) is 0 Å². The molecule has 0 fully saturated rings. The molecule has 0 unspecified atom stereocenters. The van der Waals surface area contributed by atoms with Crippen LogP contribution < -0.4 is 5.56 Å². The third-order valence-electron chi connectivity index (χ3n) is 2.79. The zero-order valence-electron chi connectivity index (χ0n) is 9.28. The molecule has 90 valence electrons. The van der Waals surface area contributed by atoms with Crippen molar-refractivity contribution in [2.24, 2.45) is 0 Å². The van der Waals surface area contributed by atoms with E-state index in [0.717, 1.165) is 15.6 Å². The van der Waals surface area contributed by atoms with Crippen LogP contribution in [-0.2, 0) is 11.3 Å². The fourth-order valence-corrected chi connectivity index (χ4v) is 2.00. The SMILES string of the molecule is O=C(O)Cn1ncn2c(cc3ccccc32)c1=O. The van der Waals surface area contributed by atoms with Gasteiger partial charge in [-0.25, -0.2) is 4.68 Å². The molecule has 2 aromatic heterocycles. The average Bonchev–Trinajstić information content (AvgIpc) is 2.72. The Morgan fingerprint density at radius 3 is 2.83 bits per heavy atom. The van der Waals surface area contributed by atoms with Gasteiger partial charge in [-0.1, -0.05) is 18.2 Å². The van der Waals surface area contributed by atoms with Gasteiger partial charge < -0.3 is 5.11 Å². The fourth-order valence-electron chi connectivity index (χ4n) is 2.00. The summed E-state index contributed by atoms with van der Waals surface area (Å²) in [4.78, 5) is 22.7. The van der Waals surface area contributed by atoms with Crippen LogP contribution in [0.4, 0.5) is 0 Å². The lowest BCUT2D eigenvalue weighted by Gasteiger charge is -2.01. The maximum atomic E-state index is 12.0. The molecular formula is C12H9N3O3. The molecule has 3 aromatic rings. The van der Waals surface area contributed by atoms with Crippen molar-refractivity contribution in [1.82, 2.24) is 14.2 Å². The van der Waals surface area contributed by atoms with Crippen LogP contribution in [-0.4, -0.2) is 25.3 Å². The maximum absolute atomic E-state index is 12.0. The highest BCUT2D eigenvalue weighted by Gasteiger charge is 2.10. The molecule has 0 aliphatic rings. The van der Waals surface area contributed by atoms with Crippen molar-refractivity contribution in [3.8, 4) is 0 Å². The number of hydrogen-bond acceptors (Lipinski definition) is 3. The van der Waals surface area contributed by atoms with E-state index in [1.807, 2.05) is 24.3 Å². The Bertz CT molecular complexity index is 816. The first kappa shape index (κ1) is 10.5. The average molecular weight is 243 g/mol. The standard InChI is InChI=1S/C12H9N3O3/c16-11(17)6-15-12(18)10-5-8-3-1-2-4-9(8)14(10)7-13-15/h1-5,7H,6H2,(H,16,17). The van der Waals surface area contributed by atoms with E-state index < -0.39 is 18.1 Å². The summed E-state index contributed by atoms with van der Waals surface area (Å²) in [6, 6.07) is 9.26. The Morgan fingerprint density at radius 2 is 2.06 bits per heavy atom. The molecule has 3 rings (SSSR count). The maximum Gasteiger partial charge on any atom is 0.325 e. The molecule has 6 nitrogen and oxygen atoms in total. The zero-order valence-corrected chi connectivity index (χ0v) is 9.28. The van der Waals surface area contributed by atoms with Gasteiger partial charge in [0.2, 0.25) is 0 Å². The Labute approximate surface area is 101 Å². The van der Waals surface area contributed by atoms with Crippen molar-refractivity contribution in [3.63, 3.8) is 0 Å². The van der Waals surface area contributed by atoms with Crippen LogP contribution in [0, 0.1) is 0 Å². The number of carbonyl (C=O) groups is 1. The summed E-state index contributed by atoms with van der Waals surface area (Å²) in [5.74, 6) is -1.09. The molecule has 1 aromatic carbocycles. The molecular weight excluding hydrogens is 234 g/mol. The van der Waals surface area contributed by atoms with E-state index >= 15 is 0 Å². The Kier molecular flexibility index (Phi) is 2.16. The summed E-state index contributed by atoms with van der Waals surface area (Å²) in [6.45, 7) is -0.434. The zero-order chi connectivity index (χ0) is 12.7. The van der Waals surface area contributed by atoms with E-state index in [1.165, 1.54) is 6.33 Å². The van der Waals surface area contributed by atoms with Gasteiger partial charge >= 0.3 is 5.97 Å². The van der Waals surface area contributed by atoms with E-state index in [9.17, 15) is 9.59 Å². The van der Waals surface area contributed by atoms with E-state index in [4.69, 9.17) is 5.11 Å². The largest absolute Gasteiger partial charge is 0.480 e. The molecule has 0 aliphatic carbocycles. The Hall–Kier alpha value is -2.63. The smallest absolute Gasteiger partial charge is 0.325 e. The molecule has 0 bridgehead atoms. The Morgan fingerprint density at radius 1 is 1.28 bits per heavy atom. The van der Waals surface area contributed by atoms with E-state index in [0.29, 0.717) is 5.52 Å². The number of hydrogen-bond donors (Lipinski definition) is 1. The van der Waals surface area contributed by atoms with Crippen LogP contribution in [0.5, 0.6) is 0 Å². The molecule has 0 saturated heterocycles. The van der Waals surface area contributed by atoms with Gasteiger partial charge in [0.05, 0.1) is 5.52 Å². The summed E-state index contributed by atoms with van der Waals surface area (Å²) in [5.41, 5.74) is 0.892. The van der Waals surface area contributed by atoms with E-state index in [2.05, 4.69) is 5.10 Å². The van der Waals surface area contributed by atoms with Gasteiger partial charge in [0.1, 0.15) is 18.4 Å². The first-order valence-electron chi connectivity index (χ1n) is 5.34. The number of nitrogens with zero attached hydrogens (tertiary/aromatic N) is 3. The summed E-state index contributed by atoms with van der Waals surface area (Å²) in [5, 5.41) is 13.5. The number of rotatable bonds is 2. The number of carboxylic acids is 1. The number of benzene rings is 1. The van der Waals surface area contributed by atoms with Gasteiger partial charge in [0, 0.05) is 5.39 Å². The minimum absolute atomic E-state index is 0.406. The molecule has 18 heavy (non-hydrogen) atoms. The fraction of sp³-hybridized carbons (Fsp3) is 0.0833. The van der Waals surface area contributed by atoms with Gasteiger partial charge in [-0.15, -0.1) is 0 Å². The van der Waals surface area contributed by atoms with Gasteiger partial charge in [-0.05, 0) is 12.1 Å². The molecule has 0 saturated carbocycles. The van der Waals surface area contributed by atoms with Crippen molar-refractivity contribution in [3.05, 3.63) is 47.0 Å². The molecule has 2 heterocycles. The summed E-state index contributed by atoms with van der Waals surface area (Å²) in [7, 11) is 0. The number of aliphatic carboxylic acids is 1. The number of carboxylic acid groups (broad SMARTS) is 1. The first-order chi connectivity index (χ1) is 8.66. The first-order valence-corrected chi connectivity index (χ1v) is 5.34. The second-order valence-electron chi connectivity index (χ2n) is 3.95. The minimum Gasteiger partial charge on any atom is -0.480 e. The van der Waals surface area contributed by atoms with E-state index in [1.54, 1.807) is 10.5 Å². The Balaban J connectivity index is 2.35. The molecule has 0 aliphatic heterocycles. The summed E-state index contributed by atoms with van der Waals surface area (Å²) in [6.07, 6.45) is 1.46. The molecule has 0 spiro atoms. The van der Waals surface area contributed by atoms with Crippen LogP contribution >= 0.6 is 0 Å². The monoisotopic (exact) mass is 243 g/mol. The molecule has 0 radical (unpaired) electrons. The number of para-hydroxylation sites is 1. The predicted molar refractivity (Wildman–Crippen MR) is 64.6 cm³/mol. The van der Waals surface area contributed by atoms with Crippen molar-refractivity contribution >= 4 is 22.4 Å². The van der Waals surface area contributed by atoms with Crippen LogP contribution in [0.25, 0.3) is 16.4 Å². The molecule has 0 amide bonds. The highest BCUT2D eigenvalue weighted by atomic mass is 16.4. The highest BCUT2D eigenvalue weighted by Crippen LogP contribution is 2.16. The van der Waals surface area contributed by atoms with Crippen molar-refractivity contribution in [2.45, 2.75) is 6.54 Å². The molecule has 0 atom stereocenters. The lowest BCUT2D eigenvalue weighted by molar-refractivity contribution is -0.138. The number of aromatic nitrogens is 3. The van der Waals surface area contributed by atoms with Crippen molar-refractivity contribution in [2.75, 3.05) is 0 Å². The second kappa shape index (κ2) is 3.69. The summed E-state index contributed by atoms with van der Waals surface area (Å²) >= 11 is 0. The lowest BCUT2D eigenvalue weighted by atomic mass is 10.2. The van der Waals surface area contributed by atoms with Crippen LogP contribution in [0.2, 0.25) is 0 Å². The summed E-state index contributed by atoms with van der Waals surface area (Å²) < 4.78 is 2.60. The van der Waals surface area contributed by atoms with Gasteiger partial charge in [0.15, 0.2) is 0 Å². The third kappa shape index (κ3) is 1.46.